The highest BCUT2D eigenvalue weighted by atomic mass is 16.5. The van der Waals surface area contributed by atoms with Crippen LogP contribution in [0.25, 0.3) is 11.2 Å². The van der Waals surface area contributed by atoms with Gasteiger partial charge in [-0.1, -0.05) is 32.9 Å². The zero-order valence-electron chi connectivity index (χ0n) is 22.2. The Morgan fingerprint density at radius 1 is 1.27 bits per heavy atom. The fraction of sp³-hybridized carbons (Fsp3) is 0.538. The molecule has 0 bridgehead atoms. The van der Waals surface area contributed by atoms with Gasteiger partial charge in [0.05, 0.1) is 12.4 Å². The molecule has 1 aromatic carbocycles. The van der Waals surface area contributed by atoms with Crippen LogP contribution in [-0.2, 0) is 10.2 Å². The number of nitrogens with one attached hydrogen (secondary N) is 2. The lowest BCUT2D eigenvalue weighted by Gasteiger charge is -2.23. The summed E-state index contributed by atoms with van der Waals surface area (Å²) in [5.74, 6) is 0.294. The van der Waals surface area contributed by atoms with E-state index in [4.69, 9.17) is 10.5 Å². The number of ether oxygens (including phenoxy) is 1. The van der Waals surface area contributed by atoms with Crippen LogP contribution in [0.2, 0.25) is 0 Å². The Balaban J connectivity index is 1.21. The van der Waals surface area contributed by atoms with Gasteiger partial charge in [0.1, 0.15) is 17.9 Å². The number of hydrogen-bond donors (Lipinski definition) is 4. The molecule has 4 rings (SSSR count). The van der Waals surface area contributed by atoms with E-state index in [0.29, 0.717) is 29.9 Å². The molecule has 3 heterocycles. The number of amides is 2. The third-order valence-corrected chi connectivity index (χ3v) is 6.67. The van der Waals surface area contributed by atoms with E-state index in [9.17, 15) is 9.90 Å². The summed E-state index contributed by atoms with van der Waals surface area (Å²) in [7, 11) is 2.01. The molecule has 200 valence electrons. The summed E-state index contributed by atoms with van der Waals surface area (Å²) < 4.78 is 7.86. The molecule has 1 aliphatic heterocycles. The standard InChI is InChI=1S/C26H38N8O3/c1-16(31-25(36)32-18-8-6-17(7-9-18)26(2,3)4)10-11-33(5)13-19-12-20(35)24(37-19)34-15-30-21-22(27)28-14-29-23(21)34/h6-9,14-16,19-20,24,35H,10-13H2,1-5H3,(H2,27,28,29)(H2,31,32,36). The first kappa shape index (κ1) is 26.8. The third-order valence-electron chi connectivity index (χ3n) is 6.67. The summed E-state index contributed by atoms with van der Waals surface area (Å²) in [6, 6.07) is 7.70. The maximum atomic E-state index is 12.4. The van der Waals surface area contributed by atoms with Crippen molar-refractivity contribution in [2.24, 2.45) is 0 Å². The molecule has 37 heavy (non-hydrogen) atoms. The van der Waals surface area contributed by atoms with Crippen LogP contribution in [0.4, 0.5) is 16.3 Å². The second-order valence-electron chi connectivity index (χ2n) is 10.9. The van der Waals surface area contributed by atoms with Gasteiger partial charge in [-0.2, -0.15) is 0 Å². The molecule has 11 nitrogen and oxygen atoms in total. The predicted octanol–water partition coefficient (Wildman–Crippen LogP) is 2.89. The number of carbonyl (C=O) groups is 1. The molecule has 4 atom stereocenters. The minimum Gasteiger partial charge on any atom is -0.388 e. The van der Waals surface area contributed by atoms with Crippen LogP contribution in [0.15, 0.2) is 36.9 Å². The van der Waals surface area contributed by atoms with Gasteiger partial charge in [-0.05, 0) is 50.0 Å². The molecule has 2 aromatic heterocycles. The highest BCUT2D eigenvalue weighted by Gasteiger charge is 2.36. The average Bonchev–Trinajstić information content (AvgIpc) is 3.41. The zero-order valence-corrected chi connectivity index (χ0v) is 22.2. The summed E-state index contributed by atoms with van der Waals surface area (Å²) in [4.78, 5) is 27.0. The fourth-order valence-electron chi connectivity index (χ4n) is 4.52. The molecule has 4 unspecified atom stereocenters. The molecule has 0 spiro atoms. The van der Waals surface area contributed by atoms with E-state index in [0.717, 1.165) is 18.7 Å². The van der Waals surface area contributed by atoms with Gasteiger partial charge >= 0.3 is 6.03 Å². The maximum absolute atomic E-state index is 12.4. The molecule has 1 fully saturated rings. The number of rotatable bonds is 8. The van der Waals surface area contributed by atoms with Gasteiger partial charge in [0.15, 0.2) is 17.7 Å². The third kappa shape index (κ3) is 6.54. The summed E-state index contributed by atoms with van der Waals surface area (Å²) in [5, 5.41) is 16.5. The Labute approximate surface area is 217 Å². The minimum absolute atomic E-state index is 0.0124. The first-order valence-corrected chi connectivity index (χ1v) is 12.6. The predicted molar refractivity (Wildman–Crippen MR) is 143 cm³/mol. The smallest absolute Gasteiger partial charge is 0.319 e. The number of anilines is 2. The first-order valence-electron chi connectivity index (χ1n) is 12.6. The number of fused-ring (bicyclic) bond motifs is 1. The van der Waals surface area contributed by atoms with Crippen molar-refractivity contribution in [3.63, 3.8) is 0 Å². The number of aliphatic hydroxyl groups is 1. The van der Waals surface area contributed by atoms with Gasteiger partial charge < -0.3 is 31.1 Å². The lowest BCUT2D eigenvalue weighted by Crippen LogP contribution is -2.39. The molecule has 2 amide bonds. The molecule has 11 heteroatoms. The SMILES string of the molecule is CC(CCN(C)CC1CC(O)C(n2cnc3c(N)ncnc32)O1)NC(=O)Nc1ccc(C(C)(C)C)cc1. The van der Waals surface area contributed by atoms with E-state index in [1.807, 2.05) is 38.2 Å². The number of nitrogens with two attached hydrogens (primary N) is 1. The minimum atomic E-state index is -0.686. The lowest BCUT2D eigenvalue weighted by atomic mass is 9.87. The molecular formula is C26H38N8O3. The summed E-state index contributed by atoms with van der Waals surface area (Å²) in [6.07, 6.45) is 2.80. The number of nitrogen functional groups attached to an aromatic ring is 1. The van der Waals surface area contributed by atoms with Crippen molar-refractivity contribution in [1.82, 2.24) is 29.7 Å². The molecule has 3 aromatic rings. The van der Waals surface area contributed by atoms with Gasteiger partial charge in [-0.3, -0.25) is 4.57 Å². The number of imidazole rings is 1. The van der Waals surface area contributed by atoms with Crippen LogP contribution in [0.5, 0.6) is 0 Å². The van der Waals surface area contributed by atoms with Crippen molar-refractivity contribution in [2.75, 3.05) is 31.2 Å². The largest absolute Gasteiger partial charge is 0.388 e. The Morgan fingerprint density at radius 3 is 2.70 bits per heavy atom. The van der Waals surface area contributed by atoms with Crippen LogP contribution in [-0.4, -0.2) is 73.9 Å². The van der Waals surface area contributed by atoms with Crippen molar-refractivity contribution in [3.05, 3.63) is 42.5 Å². The van der Waals surface area contributed by atoms with Crippen molar-refractivity contribution in [3.8, 4) is 0 Å². The van der Waals surface area contributed by atoms with E-state index in [1.54, 1.807) is 10.9 Å². The monoisotopic (exact) mass is 510 g/mol. The highest BCUT2D eigenvalue weighted by molar-refractivity contribution is 5.89. The number of nitrogens with zero attached hydrogens (tertiary/aromatic N) is 5. The van der Waals surface area contributed by atoms with Crippen LogP contribution >= 0.6 is 0 Å². The summed E-state index contributed by atoms with van der Waals surface area (Å²) >= 11 is 0. The van der Waals surface area contributed by atoms with Gasteiger partial charge in [-0.25, -0.2) is 19.7 Å². The zero-order chi connectivity index (χ0) is 26.7. The van der Waals surface area contributed by atoms with Gasteiger partial charge in [0.25, 0.3) is 0 Å². The number of benzene rings is 1. The molecule has 1 saturated heterocycles. The quantitative estimate of drug-likeness (QED) is 0.362. The molecule has 0 aliphatic carbocycles. The first-order chi connectivity index (χ1) is 17.5. The van der Waals surface area contributed by atoms with Crippen LogP contribution in [0.1, 0.15) is 52.3 Å². The molecule has 0 saturated carbocycles. The van der Waals surface area contributed by atoms with Gasteiger partial charge in [-0.15, -0.1) is 0 Å². The topological polar surface area (TPSA) is 143 Å². The normalized spacial score (nSPS) is 20.9. The van der Waals surface area contributed by atoms with Crippen LogP contribution in [0, 0.1) is 0 Å². The van der Waals surface area contributed by atoms with Gasteiger partial charge in [0.2, 0.25) is 0 Å². The average molecular weight is 511 g/mol. The van der Waals surface area contributed by atoms with E-state index in [-0.39, 0.29) is 23.6 Å². The molecular weight excluding hydrogens is 472 g/mol. The number of aliphatic hydroxyl groups excluding tert-OH is 1. The van der Waals surface area contributed by atoms with E-state index < -0.39 is 12.3 Å². The summed E-state index contributed by atoms with van der Waals surface area (Å²) in [5.41, 5.74) is 8.96. The molecule has 1 aliphatic rings. The van der Waals surface area contributed by atoms with E-state index >= 15 is 0 Å². The molecule has 5 N–H and O–H groups in total. The Morgan fingerprint density at radius 2 is 2.00 bits per heavy atom. The molecule has 0 radical (unpaired) electrons. The van der Waals surface area contributed by atoms with E-state index in [1.165, 1.54) is 11.9 Å². The van der Waals surface area contributed by atoms with Crippen LogP contribution < -0.4 is 16.4 Å². The Kier molecular flexibility index (Phi) is 7.96. The highest BCUT2D eigenvalue weighted by Crippen LogP contribution is 2.31. The van der Waals surface area contributed by atoms with Crippen molar-refractivity contribution >= 4 is 28.7 Å². The van der Waals surface area contributed by atoms with Gasteiger partial charge in [0, 0.05) is 24.7 Å². The number of aromatic nitrogens is 4. The number of urea groups is 1. The maximum Gasteiger partial charge on any atom is 0.319 e. The van der Waals surface area contributed by atoms with Crippen LogP contribution in [0.3, 0.4) is 0 Å². The number of carbonyl (C=O) groups excluding carboxylic acids is 1. The Bertz CT molecular complexity index is 1210. The summed E-state index contributed by atoms with van der Waals surface area (Å²) in [6.45, 7) is 9.88. The van der Waals surface area contributed by atoms with Crippen molar-refractivity contribution in [2.45, 2.75) is 70.4 Å². The second-order valence-corrected chi connectivity index (χ2v) is 10.9. The Hall–Kier alpha value is -3.28. The van der Waals surface area contributed by atoms with Crippen molar-refractivity contribution in [1.29, 1.82) is 0 Å². The number of likely N-dealkylation sites (N-methyl/N-ethyl adjacent to an activating group) is 1. The fourth-order valence-corrected chi connectivity index (χ4v) is 4.52. The van der Waals surface area contributed by atoms with E-state index in [2.05, 4.69) is 51.3 Å². The van der Waals surface area contributed by atoms with Crippen molar-refractivity contribution < 1.29 is 14.6 Å². The number of hydrogen-bond acceptors (Lipinski definition) is 8. The second kappa shape index (κ2) is 11.0. The lowest BCUT2D eigenvalue weighted by molar-refractivity contribution is -0.0415.